The molecule has 1 aliphatic rings. The Morgan fingerprint density at radius 2 is 1.62 bits per heavy atom. The average Bonchev–Trinajstić information content (AvgIpc) is 2.03. The second-order valence-corrected chi connectivity index (χ2v) is 4.45. The number of hydrogen-bond donors (Lipinski definition) is 1. The summed E-state index contributed by atoms with van der Waals surface area (Å²) in [6.07, 6.45) is 10.2. The van der Waals surface area contributed by atoms with Gasteiger partial charge in [-0.05, 0) is 32.2 Å². The van der Waals surface area contributed by atoms with Crippen molar-refractivity contribution in [2.75, 3.05) is 6.54 Å². The smallest absolute Gasteiger partial charge is 0.00668 e. The first-order valence-corrected chi connectivity index (χ1v) is 6.08. The van der Waals surface area contributed by atoms with E-state index in [2.05, 4.69) is 19.2 Å². The van der Waals surface area contributed by atoms with E-state index in [1.165, 1.54) is 44.9 Å². The van der Waals surface area contributed by atoms with Crippen molar-refractivity contribution in [3.8, 4) is 0 Å². The van der Waals surface area contributed by atoms with Crippen molar-refractivity contribution < 1.29 is 0 Å². The van der Waals surface area contributed by atoms with Crippen LogP contribution in [0.15, 0.2) is 0 Å². The predicted molar refractivity (Wildman–Crippen MR) is 58.9 cm³/mol. The standard InChI is InChI=1S/C12H25N/c1-3-13-11(2)12-9-7-5-4-6-8-10-12/h11-13H,3-10H2,1-2H3. The Bertz CT molecular complexity index is 114. The molecule has 0 amide bonds. The van der Waals surface area contributed by atoms with Crippen molar-refractivity contribution in [3.05, 3.63) is 0 Å². The summed E-state index contributed by atoms with van der Waals surface area (Å²) in [6.45, 7) is 5.69. The molecule has 0 heterocycles. The third-order valence-electron chi connectivity index (χ3n) is 3.38. The zero-order valence-electron chi connectivity index (χ0n) is 9.31. The zero-order valence-corrected chi connectivity index (χ0v) is 9.31. The quantitative estimate of drug-likeness (QED) is 0.707. The van der Waals surface area contributed by atoms with Crippen molar-refractivity contribution >= 4 is 0 Å². The van der Waals surface area contributed by atoms with Gasteiger partial charge in [-0.3, -0.25) is 0 Å². The molecule has 0 saturated heterocycles. The first-order valence-electron chi connectivity index (χ1n) is 6.08. The van der Waals surface area contributed by atoms with E-state index in [0.717, 1.165) is 18.5 Å². The van der Waals surface area contributed by atoms with Gasteiger partial charge in [-0.2, -0.15) is 0 Å². The van der Waals surface area contributed by atoms with Crippen LogP contribution < -0.4 is 5.32 Å². The maximum absolute atomic E-state index is 3.56. The summed E-state index contributed by atoms with van der Waals surface area (Å²) in [7, 11) is 0. The maximum atomic E-state index is 3.56. The summed E-state index contributed by atoms with van der Waals surface area (Å²) in [4.78, 5) is 0. The minimum absolute atomic E-state index is 0.739. The molecule has 1 heteroatoms. The van der Waals surface area contributed by atoms with Gasteiger partial charge in [0.15, 0.2) is 0 Å². The van der Waals surface area contributed by atoms with Crippen LogP contribution in [-0.2, 0) is 0 Å². The largest absolute Gasteiger partial charge is 0.314 e. The lowest BCUT2D eigenvalue weighted by atomic mass is 9.86. The lowest BCUT2D eigenvalue weighted by Gasteiger charge is -2.26. The Labute approximate surface area is 83.3 Å². The Balaban J connectivity index is 2.27. The lowest BCUT2D eigenvalue weighted by Crippen LogP contribution is -2.33. The zero-order chi connectivity index (χ0) is 9.52. The van der Waals surface area contributed by atoms with E-state index < -0.39 is 0 Å². The minimum atomic E-state index is 0.739. The average molecular weight is 183 g/mol. The van der Waals surface area contributed by atoms with Gasteiger partial charge in [0.05, 0.1) is 0 Å². The molecule has 1 rings (SSSR count). The first-order chi connectivity index (χ1) is 6.34. The summed E-state index contributed by atoms with van der Waals surface area (Å²) in [5.74, 6) is 0.945. The van der Waals surface area contributed by atoms with E-state index in [9.17, 15) is 0 Å². The van der Waals surface area contributed by atoms with Crippen LogP contribution in [0.5, 0.6) is 0 Å². The maximum Gasteiger partial charge on any atom is 0.00668 e. The van der Waals surface area contributed by atoms with Crippen LogP contribution in [0.2, 0.25) is 0 Å². The molecule has 1 aliphatic carbocycles. The molecule has 1 atom stereocenters. The van der Waals surface area contributed by atoms with Gasteiger partial charge >= 0.3 is 0 Å². The van der Waals surface area contributed by atoms with Crippen LogP contribution in [0.3, 0.4) is 0 Å². The van der Waals surface area contributed by atoms with Crippen LogP contribution in [0.1, 0.15) is 58.8 Å². The van der Waals surface area contributed by atoms with Crippen LogP contribution in [-0.4, -0.2) is 12.6 Å². The Kier molecular flexibility index (Phi) is 5.45. The molecule has 0 spiro atoms. The van der Waals surface area contributed by atoms with Gasteiger partial charge < -0.3 is 5.32 Å². The molecule has 78 valence electrons. The fraction of sp³-hybridized carbons (Fsp3) is 1.00. The van der Waals surface area contributed by atoms with Crippen molar-refractivity contribution in [1.29, 1.82) is 0 Å². The molecule has 0 aromatic carbocycles. The number of nitrogens with one attached hydrogen (secondary N) is 1. The molecular formula is C12H25N. The van der Waals surface area contributed by atoms with E-state index >= 15 is 0 Å². The van der Waals surface area contributed by atoms with Gasteiger partial charge in [-0.15, -0.1) is 0 Å². The molecule has 0 aliphatic heterocycles. The number of rotatable bonds is 3. The Morgan fingerprint density at radius 1 is 1.08 bits per heavy atom. The van der Waals surface area contributed by atoms with Gasteiger partial charge in [-0.1, -0.05) is 39.0 Å². The molecule has 0 aromatic heterocycles. The van der Waals surface area contributed by atoms with Gasteiger partial charge in [0.1, 0.15) is 0 Å². The summed E-state index contributed by atoms with van der Waals surface area (Å²) < 4.78 is 0. The molecular weight excluding hydrogens is 158 g/mol. The molecule has 13 heavy (non-hydrogen) atoms. The van der Waals surface area contributed by atoms with Gasteiger partial charge in [0.25, 0.3) is 0 Å². The SMILES string of the molecule is CCNC(C)C1CCCCCCC1. The third-order valence-corrected chi connectivity index (χ3v) is 3.38. The second kappa shape index (κ2) is 6.42. The van der Waals surface area contributed by atoms with E-state index in [4.69, 9.17) is 0 Å². The van der Waals surface area contributed by atoms with Crippen LogP contribution >= 0.6 is 0 Å². The lowest BCUT2D eigenvalue weighted by molar-refractivity contribution is 0.302. The Morgan fingerprint density at radius 3 is 2.15 bits per heavy atom. The highest BCUT2D eigenvalue weighted by Crippen LogP contribution is 2.24. The van der Waals surface area contributed by atoms with Crippen molar-refractivity contribution in [1.82, 2.24) is 5.32 Å². The molecule has 1 unspecified atom stereocenters. The highest BCUT2D eigenvalue weighted by Gasteiger charge is 2.16. The molecule has 0 aromatic rings. The Hall–Kier alpha value is -0.0400. The monoisotopic (exact) mass is 183 g/mol. The molecule has 1 saturated carbocycles. The summed E-state index contributed by atoms with van der Waals surface area (Å²) in [5.41, 5.74) is 0. The molecule has 0 bridgehead atoms. The van der Waals surface area contributed by atoms with Gasteiger partial charge in [0.2, 0.25) is 0 Å². The van der Waals surface area contributed by atoms with Crippen molar-refractivity contribution in [3.63, 3.8) is 0 Å². The van der Waals surface area contributed by atoms with E-state index in [1.807, 2.05) is 0 Å². The van der Waals surface area contributed by atoms with Crippen LogP contribution in [0.4, 0.5) is 0 Å². The van der Waals surface area contributed by atoms with Gasteiger partial charge in [0, 0.05) is 6.04 Å². The fourth-order valence-electron chi connectivity index (χ4n) is 2.48. The summed E-state index contributed by atoms with van der Waals surface area (Å²) >= 11 is 0. The fourth-order valence-corrected chi connectivity index (χ4v) is 2.48. The number of hydrogen-bond acceptors (Lipinski definition) is 1. The van der Waals surface area contributed by atoms with Crippen molar-refractivity contribution in [2.45, 2.75) is 64.8 Å². The van der Waals surface area contributed by atoms with E-state index in [-0.39, 0.29) is 0 Å². The molecule has 1 nitrogen and oxygen atoms in total. The molecule has 0 radical (unpaired) electrons. The van der Waals surface area contributed by atoms with E-state index in [0.29, 0.717) is 0 Å². The second-order valence-electron chi connectivity index (χ2n) is 4.45. The van der Waals surface area contributed by atoms with Gasteiger partial charge in [-0.25, -0.2) is 0 Å². The minimum Gasteiger partial charge on any atom is -0.314 e. The highest BCUT2D eigenvalue weighted by molar-refractivity contribution is 4.73. The first kappa shape index (κ1) is 11.0. The normalized spacial score (nSPS) is 23.5. The predicted octanol–water partition coefficient (Wildman–Crippen LogP) is 3.34. The summed E-state index contributed by atoms with van der Waals surface area (Å²) in [6, 6.07) is 0.739. The van der Waals surface area contributed by atoms with Crippen molar-refractivity contribution in [2.24, 2.45) is 5.92 Å². The third kappa shape index (κ3) is 4.12. The van der Waals surface area contributed by atoms with Crippen LogP contribution in [0.25, 0.3) is 0 Å². The van der Waals surface area contributed by atoms with E-state index in [1.54, 1.807) is 0 Å². The van der Waals surface area contributed by atoms with Crippen LogP contribution in [0, 0.1) is 5.92 Å². The topological polar surface area (TPSA) is 12.0 Å². The molecule has 1 fully saturated rings. The molecule has 1 N–H and O–H groups in total. The summed E-state index contributed by atoms with van der Waals surface area (Å²) in [5, 5.41) is 3.56. The highest BCUT2D eigenvalue weighted by atomic mass is 14.9.